The number of rotatable bonds is 2. The molecule has 0 saturated carbocycles. The van der Waals surface area contributed by atoms with E-state index in [0.717, 1.165) is 5.56 Å². The Morgan fingerprint density at radius 3 is 2.68 bits per heavy atom. The van der Waals surface area contributed by atoms with Gasteiger partial charge in [-0.15, -0.1) is 0 Å². The van der Waals surface area contributed by atoms with Crippen molar-refractivity contribution in [1.82, 2.24) is 0 Å². The van der Waals surface area contributed by atoms with Gasteiger partial charge in [-0.2, -0.15) is 0 Å². The van der Waals surface area contributed by atoms with E-state index in [9.17, 15) is 12.8 Å². The molecule has 1 aromatic carbocycles. The highest BCUT2D eigenvalue weighted by Gasteiger charge is 2.21. The quantitative estimate of drug-likeness (QED) is 0.894. The highest BCUT2D eigenvalue weighted by molar-refractivity contribution is 7.91. The third-order valence-electron chi connectivity index (χ3n) is 3.39. The van der Waals surface area contributed by atoms with Crippen LogP contribution in [0.2, 0.25) is 0 Å². The second-order valence-electron chi connectivity index (χ2n) is 4.99. The lowest BCUT2D eigenvalue weighted by molar-refractivity contribution is 0.596. The van der Waals surface area contributed by atoms with E-state index in [1.165, 1.54) is 6.07 Å². The zero-order valence-electron chi connectivity index (χ0n) is 11.0. The van der Waals surface area contributed by atoms with Gasteiger partial charge in [-0.1, -0.05) is 6.07 Å². The third kappa shape index (κ3) is 3.45. The van der Waals surface area contributed by atoms with Crippen LogP contribution in [0.4, 0.5) is 10.1 Å². The molecule has 0 spiro atoms. The lowest BCUT2D eigenvalue weighted by atomic mass is 10.1. The van der Waals surface area contributed by atoms with Gasteiger partial charge in [0.1, 0.15) is 5.82 Å². The second-order valence-corrected chi connectivity index (χ2v) is 7.30. The molecule has 1 fully saturated rings. The molecule has 0 radical (unpaired) electrons. The van der Waals surface area contributed by atoms with E-state index in [4.69, 9.17) is 5.73 Å². The number of nitrogens with zero attached hydrogens (tertiary/aromatic N) is 1. The minimum atomic E-state index is -2.98. The number of benzene rings is 1. The summed E-state index contributed by atoms with van der Waals surface area (Å²) in [5.41, 5.74) is 6.91. The van der Waals surface area contributed by atoms with Gasteiger partial charge in [0.05, 0.1) is 17.2 Å². The number of hydrogen-bond acceptors (Lipinski definition) is 4. The maximum absolute atomic E-state index is 14.1. The molecule has 19 heavy (non-hydrogen) atoms. The molecular weight excluding hydrogens is 267 g/mol. The van der Waals surface area contributed by atoms with Crippen molar-refractivity contribution < 1.29 is 12.8 Å². The van der Waals surface area contributed by atoms with Crippen molar-refractivity contribution in [2.45, 2.75) is 19.4 Å². The highest BCUT2D eigenvalue weighted by atomic mass is 32.2. The number of anilines is 1. The molecule has 6 heteroatoms. The van der Waals surface area contributed by atoms with Gasteiger partial charge in [-0.25, -0.2) is 12.8 Å². The molecule has 0 bridgehead atoms. The molecule has 1 atom stereocenters. The largest absolute Gasteiger partial charge is 0.368 e. The fraction of sp³-hybridized carbons (Fsp3) is 0.538. The minimum Gasteiger partial charge on any atom is -0.368 e. The van der Waals surface area contributed by atoms with Crippen molar-refractivity contribution in [1.29, 1.82) is 0 Å². The van der Waals surface area contributed by atoms with Crippen LogP contribution in [-0.4, -0.2) is 33.0 Å². The van der Waals surface area contributed by atoms with E-state index in [1.807, 2.05) is 0 Å². The molecule has 1 aromatic rings. The predicted octanol–water partition coefficient (Wildman–Crippen LogP) is 1.47. The molecule has 2 rings (SSSR count). The second kappa shape index (κ2) is 5.46. The summed E-state index contributed by atoms with van der Waals surface area (Å²) in [6.07, 6.45) is 0.539. The Balaban J connectivity index is 2.22. The number of halogens is 1. The molecule has 0 unspecified atom stereocenters. The number of nitrogens with two attached hydrogens (primary N) is 1. The van der Waals surface area contributed by atoms with Crippen molar-refractivity contribution in [3.63, 3.8) is 0 Å². The summed E-state index contributed by atoms with van der Waals surface area (Å²) in [6.45, 7) is 2.71. The first-order valence-corrected chi connectivity index (χ1v) is 8.21. The summed E-state index contributed by atoms with van der Waals surface area (Å²) in [4.78, 5) is 1.80. The van der Waals surface area contributed by atoms with E-state index in [2.05, 4.69) is 0 Å². The van der Waals surface area contributed by atoms with Gasteiger partial charge in [-0.05, 0) is 31.0 Å². The number of sulfone groups is 1. The van der Waals surface area contributed by atoms with E-state index in [1.54, 1.807) is 24.0 Å². The van der Waals surface area contributed by atoms with Gasteiger partial charge < -0.3 is 10.6 Å². The highest BCUT2D eigenvalue weighted by Crippen LogP contribution is 2.24. The molecule has 1 aliphatic rings. The van der Waals surface area contributed by atoms with Crippen molar-refractivity contribution in [2.24, 2.45) is 5.73 Å². The minimum absolute atomic E-state index is 0.0848. The van der Waals surface area contributed by atoms with Gasteiger partial charge in [0.15, 0.2) is 9.84 Å². The van der Waals surface area contributed by atoms with Crippen molar-refractivity contribution in [3.8, 4) is 0 Å². The monoisotopic (exact) mass is 286 g/mol. The summed E-state index contributed by atoms with van der Waals surface area (Å²) >= 11 is 0. The van der Waals surface area contributed by atoms with Crippen LogP contribution in [0.25, 0.3) is 0 Å². The summed E-state index contributed by atoms with van der Waals surface area (Å²) in [5.74, 6) is -0.0704. The molecule has 2 N–H and O–H groups in total. The average molecular weight is 286 g/mol. The standard InChI is InChI=1S/C13H19FN2O2S/c1-10(15)11-3-4-13(12(14)9-11)16-5-2-7-19(17,18)8-6-16/h3-4,9-10H,2,5-8,15H2,1H3/t10-/m0/s1. The SMILES string of the molecule is C[C@H](N)c1ccc(N2CCCS(=O)(=O)CC2)c(F)c1. The maximum atomic E-state index is 14.1. The van der Waals surface area contributed by atoms with Gasteiger partial charge >= 0.3 is 0 Å². The van der Waals surface area contributed by atoms with Crippen LogP contribution >= 0.6 is 0 Å². The van der Waals surface area contributed by atoms with Crippen LogP contribution < -0.4 is 10.6 Å². The summed E-state index contributed by atoms with van der Waals surface area (Å²) in [5, 5.41) is 0. The van der Waals surface area contributed by atoms with Crippen LogP contribution in [0.15, 0.2) is 18.2 Å². The zero-order valence-corrected chi connectivity index (χ0v) is 11.8. The first kappa shape index (κ1) is 14.3. The van der Waals surface area contributed by atoms with Crippen molar-refractivity contribution in [3.05, 3.63) is 29.6 Å². The van der Waals surface area contributed by atoms with Gasteiger partial charge in [0, 0.05) is 19.1 Å². The molecular formula is C13H19FN2O2S. The molecule has 1 heterocycles. The van der Waals surface area contributed by atoms with E-state index < -0.39 is 9.84 Å². The topological polar surface area (TPSA) is 63.4 Å². The van der Waals surface area contributed by atoms with Gasteiger partial charge in [0.25, 0.3) is 0 Å². The van der Waals surface area contributed by atoms with Crippen LogP contribution in [0, 0.1) is 5.82 Å². The first-order valence-electron chi connectivity index (χ1n) is 6.39. The van der Waals surface area contributed by atoms with Crippen LogP contribution in [0.5, 0.6) is 0 Å². The van der Waals surface area contributed by atoms with Crippen LogP contribution in [-0.2, 0) is 9.84 Å². The zero-order chi connectivity index (χ0) is 14.0. The smallest absolute Gasteiger partial charge is 0.152 e. The average Bonchev–Trinajstić information content (AvgIpc) is 2.50. The van der Waals surface area contributed by atoms with Gasteiger partial charge in [-0.3, -0.25) is 0 Å². The Kier molecular flexibility index (Phi) is 4.10. The lowest BCUT2D eigenvalue weighted by Crippen LogP contribution is -2.27. The van der Waals surface area contributed by atoms with Gasteiger partial charge in [0.2, 0.25) is 0 Å². The predicted molar refractivity (Wildman–Crippen MR) is 74.5 cm³/mol. The van der Waals surface area contributed by atoms with Crippen molar-refractivity contribution in [2.75, 3.05) is 29.5 Å². The van der Waals surface area contributed by atoms with Crippen LogP contribution in [0.1, 0.15) is 24.9 Å². The fourth-order valence-electron chi connectivity index (χ4n) is 2.24. The first-order chi connectivity index (χ1) is 8.89. The Labute approximate surface area is 113 Å². The summed E-state index contributed by atoms with van der Waals surface area (Å²) < 4.78 is 37.2. The normalized spacial score (nSPS) is 20.9. The maximum Gasteiger partial charge on any atom is 0.152 e. The molecule has 1 saturated heterocycles. The Hall–Kier alpha value is -1.14. The molecule has 0 aliphatic carbocycles. The third-order valence-corrected chi connectivity index (χ3v) is 5.11. The number of hydrogen-bond donors (Lipinski definition) is 1. The van der Waals surface area contributed by atoms with E-state index >= 15 is 0 Å². The van der Waals surface area contributed by atoms with E-state index in [0.29, 0.717) is 25.2 Å². The Bertz CT molecular complexity index is 558. The van der Waals surface area contributed by atoms with E-state index in [-0.39, 0.29) is 23.4 Å². The van der Waals surface area contributed by atoms with Crippen LogP contribution in [0.3, 0.4) is 0 Å². The summed E-state index contributed by atoms with van der Waals surface area (Å²) in [6, 6.07) is 4.70. The molecule has 0 aromatic heterocycles. The Morgan fingerprint density at radius 1 is 1.32 bits per heavy atom. The van der Waals surface area contributed by atoms with Crippen molar-refractivity contribution >= 4 is 15.5 Å². The summed E-state index contributed by atoms with van der Waals surface area (Å²) in [7, 11) is -2.98. The molecule has 106 valence electrons. The molecule has 4 nitrogen and oxygen atoms in total. The lowest BCUT2D eigenvalue weighted by Gasteiger charge is -2.23. The fourth-order valence-corrected chi connectivity index (χ4v) is 3.51. The molecule has 0 amide bonds. The molecule has 1 aliphatic heterocycles. The Morgan fingerprint density at radius 2 is 2.05 bits per heavy atom.